The maximum absolute atomic E-state index is 11.0. The van der Waals surface area contributed by atoms with Crippen molar-refractivity contribution in [2.45, 2.75) is 87.2 Å². The molecule has 264 valence electrons. The molecule has 11 heteroatoms. The summed E-state index contributed by atoms with van der Waals surface area (Å²) in [7, 11) is 8.17. The third-order valence-electron chi connectivity index (χ3n) is 8.79. The molecule has 11 nitrogen and oxygen atoms in total. The molecule has 0 spiro atoms. The number of aromatic hydroxyl groups is 2. The summed E-state index contributed by atoms with van der Waals surface area (Å²) < 4.78 is 0. The highest BCUT2D eigenvalue weighted by Crippen LogP contribution is 2.41. The van der Waals surface area contributed by atoms with Gasteiger partial charge in [0.15, 0.2) is 0 Å². The van der Waals surface area contributed by atoms with Gasteiger partial charge in [-0.1, -0.05) is 62.8 Å². The fourth-order valence-corrected chi connectivity index (χ4v) is 6.48. The molecular formula is C36H56N2O9. The SMILES string of the molecule is CN(C)C[C@@H](c1ccc(O)cc1)C1(O)CCCCC1.CN(C)C[C@@H](c1ccc(O)cc1)C1(O)CCCCC1.O.O=C(O)/C=C/C(=O)O. The lowest BCUT2D eigenvalue weighted by molar-refractivity contribution is -0.134. The summed E-state index contributed by atoms with van der Waals surface area (Å²) in [6.45, 7) is 1.67. The highest BCUT2D eigenvalue weighted by molar-refractivity contribution is 5.89. The normalized spacial score (nSPS) is 18.1. The molecule has 4 rings (SSSR count). The predicted octanol–water partition coefficient (Wildman–Crippen LogP) is 4.35. The summed E-state index contributed by atoms with van der Waals surface area (Å²) in [5, 5.41) is 56.5. The van der Waals surface area contributed by atoms with Gasteiger partial charge in [-0.15, -0.1) is 0 Å². The van der Waals surface area contributed by atoms with E-state index in [2.05, 4.69) is 9.80 Å². The number of carboxylic acids is 2. The molecule has 0 saturated heterocycles. The Morgan fingerprint density at radius 2 is 0.894 bits per heavy atom. The third-order valence-corrected chi connectivity index (χ3v) is 8.79. The Labute approximate surface area is 279 Å². The largest absolute Gasteiger partial charge is 0.508 e. The van der Waals surface area contributed by atoms with Crippen LogP contribution in [0.15, 0.2) is 60.7 Å². The van der Waals surface area contributed by atoms with Crippen molar-refractivity contribution in [3.8, 4) is 11.5 Å². The van der Waals surface area contributed by atoms with Crippen molar-refractivity contribution in [1.29, 1.82) is 0 Å². The quantitative estimate of drug-likeness (QED) is 0.200. The number of benzene rings is 2. The van der Waals surface area contributed by atoms with E-state index >= 15 is 0 Å². The lowest BCUT2D eigenvalue weighted by Crippen LogP contribution is -2.42. The van der Waals surface area contributed by atoms with E-state index in [9.17, 15) is 30.0 Å². The minimum atomic E-state index is -1.26. The summed E-state index contributed by atoms with van der Waals surface area (Å²) in [6.07, 6.45) is 11.5. The Kier molecular flexibility index (Phi) is 17.7. The van der Waals surface area contributed by atoms with E-state index in [1.807, 2.05) is 52.5 Å². The van der Waals surface area contributed by atoms with Crippen molar-refractivity contribution >= 4 is 11.9 Å². The highest BCUT2D eigenvalue weighted by Gasteiger charge is 2.40. The van der Waals surface area contributed by atoms with Gasteiger partial charge in [0, 0.05) is 37.1 Å². The molecule has 0 radical (unpaired) electrons. The maximum Gasteiger partial charge on any atom is 0.328 e. The van der Waals surface area contributed by atoms with Crippen molar-refractivity contribution in [2.75, 3.05) is 41.3 Å². The molecule has 2 atom stereocenters. The van der Waals surface area contributed by atoms with Gasteiger partial charge in [0.2, 0.25) is 0 Å². The second-order valence-corrected chi connectivity index (χ2v) is 13.2. The van der Waals surface area contributed by atoms with Crippen molar-refractivity contribution < 1.29 is 45.7 Å². The highest BCUT2D eigenvalue weighted by atomic mass is 16.4. The van der Waals surface area contributed by atoms with Crippen molar-refractivity contribution in [3.05, 3.63) is 71.8 Å². The lowest BCUT2D eigenvalue weighted by atomic mass is 9.72. The molecule has 47 heavy (non-hydrogen) atoms. The molecule has 0 heterocycles. The number of likely N-dealkylation sites (N-methyl/N-ethyl adjacent to an activating group) is 2. The van der Waals surface area contributed by atoms with E-state index in [1.165, 1.54) is 12.8 Å². The molecule has 2 saturated carbocycles. The molecule has 0 unspecified atom stereocenters. The number of carboxylic acid groups (broad SMARTS) is 2. The Morgan fingerprint density at radius 3 is 1.13 bits per heavy atom. The molecular weight excluding hydrogens is 604 g/mol. The van der Waals surface area contributed by atoms with Crippen LogP contribution in [-0.4, -0.2) is 110 Å². The fourth-order valence-electron chi connectivity index (χ4n) is 6.48. The molecule has 8 N–H and O–H groups in total. The number of carbonyl (C=O) groups is 2. The van der Waals surface area contributed by atoms with Gasteiger partial charge in [0.1, 0.15) is 11.5 Å². The van der Waals surface area contributed by atoms with Crippen molar-refractivity contribution in [3.63, 3.8) is 0 Å². The number of aliphatic carboxylic acids is 2. The Balaban J connectivity index is 0.000000378. The predicted molar refractivity (Wildman–Crippen MR) is 183 cm³/mol. The monoisotopic (exact) mass is 660 g/mol. The molecule has 2 aromatic carbocycles. The smallest absolute Gasteiger partial charge is 0.328 e. The lowest BCUT2D eigenvalue weighted by Gasteiger charge is -2.40. The van der Waals surface area contributed by atoms with Crippen LogP contribution < -0.4 is 0 Å². The van der Waals surface area contributed by atoms with E-state index in [0.717, 1.165) is 75.6 Å². The molecule has 0 amide bonds. The van der Waals surface area contributed by atoms with Crippen LogP contribution >= 0.6 is 0 Å². The van der Waals surface area contributed by atoms with Crippen molar-refractivity contribution in [2.24, 2.45) is 0 Å². The first-order chi connectivity index (χ1) is 21.6. The number of phenolic OH excluding ortho intramolecular Hbond substituents is 2. The minimum Gasteiger partial charge on any atom is -0.508 e. The second kappa shape index (κ2) is 20.0. The van der Waals surface area contributed by atoms with Crippen LogP contribution in [-0.2, 0) is 9.59 Å². The van der Waals surface area contributed by atoms with E-state index in [4.69, 9.17) is 10.2 Å². The van der Waals surface area contributed by atoms with Gasteiger partial charge in [0.05, 0.1) is 11.2 Å². The molecule has 2 aliphatic rings. The first kappa shape index (κ1) is 41.5. The molecule has 2 fully saturated rings. The van der Waals surface area contributed by atoms with Crippen LogP contribution in [0.3, 0.4) is 0 Å². The summed E-state index contributed by atoms with van der Waals surface area (Å²) in [4.78, 5) is 23.4. The first-order valence-electron chi connectivity index (χ1n) is 16.1. The molecule has 0 aromatic heterocycles. The second-order valence-electron chi connectivity index (χ2n) is 13.2. The zero-order valence-electron chi connectivity index (χ0n) is 28.3. The average molecular weight is 661 g/mol. The Hall–Kier alpha value is -3.48. The van der Waals surface area contributed by atoms with E-state index < -0.39 is 23.1 Å². The van der Waals surface area contributed by atoms with Gasteiger partial charge in [-0.05, 0) is 89.3 Å². The zero-order valence-corrected chi connectivity index (χ0v) is 28.3. The van der Waals surface area contributed by atoms with Crippen LogP contribution in [0, 0.1) is 0 Å². The minimum absolute atomic E-state index is 0. The van der Waals surface area contributed by atoms with E-state index in [1.54, 1.807) is 24.3 Å². The van der Waals surface area contributed by atoms with E-state index in [0.29, 0.717) is 12.2 Å². The van der Waals surface area contributed by atoms with Gasteiger partial charge in [-0.3, -0.25) is 0 Å². The Morgan fingerprint density at radius 1 is 0.617 bits per heavy atom. The van der Waals surface area contributed by atoms with Crippen LogP contribution in [0.2, 0.25) is 0 Å². The van der Waals surface area contributed by atoms with Gasteiger partial charge < -0.3 is 45.9 Å². The zero-order chi connectivity index (χ0) is 34.3. The fraction of sp³-hybridized carbons (Fsp3) is 0.556. The first-order valence-corrected chi connectivity index (χ1v) is 16.1. The van der Waals surface area contributed by atoms with Crippen LogP contribution in [0.5, 0.6) is 11.5 Å². The summed E-state index contributed by atoms with van der Waals surface area (Å²) in [5.74, 6) is -1.72. The topological polar surface area (TPSA) is 193 Å². The maximum atomic E-state index is 11.0. The van der Waals surface area contributed by atoms with Crippen LogP contribution in [0.4, 0.5) is 0 Å². The average Bonchev–Trinajstić information content (AvgIpc) is 3.00. The number of hydrogen-bond acceptors (Lipinski definition) is 8. The number of hydrogen-bond donors (Lipinski definition) is 6. The number of nitrogens with zero attached hydrogens (tertiary/aromatic N) is 2. The molecule has 0 aliphatic heterocycles. The summed E-state index contributed by atoms with van der Waals surface area (Å²) in [6, 6.07) is 14.6. The molecule has 2 aromatic rings. The summed E-state index contributed by atoms with van der Waals surface area (Å²) >= 11 is 0. The van der Waals surface area contributed by atoms with Crippen LogP contribution in [0.25, 0.3) is 0 Å². The molecule has 2 aliphatic carbocycles. The van der Waals surface area contributed by atoms with E-state index in [-0.39, 0.29) is 28.8 Å². The number of phenols is 2. The Bertz CT molecular complexity index is 1120. The van der Waals surface area contributed by atoms with Gasteiger partial charge in [-0.25, -0.2) is 9.59 Å². The third kappa shape index (κ3) is 14.4. The van der Waals surface area contributed by atoms with Crippen LogP contribution in [0.1, 0.15) is 87.2 Å². The van der Waals surface area contributed by atoms with Crippen molar-refractivity contribution in [1.82, 2.24) is 9.80 Å². The number of rotatable bonds is 10. The van der Waals surface area contributed by atoms with Gasteiger partial charge in [-0.2, -0.15) is 0 Å². The standard InChI is InChI=1S/2C16H25NO2.C4H4O4.H2O/c2*1-17(2)12-15(13-6-8-14(18)9-7-13)16(19)10-4-3-5-11-16;5-3(6)1-2-4(7)8;/h2*6-9,15,18-19H,3-5,10-12H2,1-2H3;1-2H,(H,5,6)(H,7,8);1H2/b;;2-1+;/t2*15-;;/m00../s1. The van der Waals surface area contributed by atoms with Gasteiger partial charge in [0.25, 0.3) is 0 Å². The van der Waals surface area contributed by atoms with Gasteiger partial charge >= 0.3 is 11.9 Å². The number of aliphatic hydroxyl groups is 2. The summed E-state index contributed by atoms with van der Waals surface area (Å²) in [5.41, 5.74) is 1.05. The molecule has 0 bridgehead atoms.